The molecule has 22 heavy (non-hydrogen) atoms. The van der Waals surface area contributed by atoms with Gasteiger partial charge in [-0.3, -0.25) is 0 Å². The van der Waals surface area contributed by atoms with Crippen molar-refractivity contribution in [2.75, 3.05) is 31.1 Å². The lowest BCUT2D eigenvalue weighted by Gasteiger charge is -2.35. The van der Waals surface area contributed by atoms with Gasteiger partial charge < -0.3 is 4.90 Å². The maximum absolute atomic E-state index is 12.6. The molecule has 1 aromatic carbocycles. The lowest BCUT2D eigenvalue weighted by Crippen LogP contribution is -2.48. The Morgan fingerprint density at radius 3 is 2.41 bits per heavy atom. The molecule has 1 aromatic heterocycles. The molecule has 1 saturated heterocycles. The smallest absolute Gasteiger partial charge is 0.252 e. The Bertz CT molecular complexity index is 765. The third kappa shape index (κ3) is 3.15. The third-order valence-corrected chi connectivity index (χ3v) is 7.35. The summed E-state index contributed by atoms with van der Waals surface area (Å²) in [5, 5.41) is 0. The first-order valence-corrected chi connectivity index (χ1v) is 9.67. The van der Waals surface area contributed by atoms with Gasteiger partial charge in [0.05, 0.1) is 4.34 Å². The average Bonchev–Trinajstić information content (AvgIpc) is 2.95. The fourth-order valence-corrected chi connectivity index (χ4v) is 5.63. The van der Waals surface area contributed by atoms with Gasteiger partial charge in [0, 0.05) is 31.9 Å². The van der Waals surface area contributed by atoms with Gasteiger partial charge in [0.2, 0.25) is 0 Å². The molecule has 0 atom stereocenters. The molecule has 0 amide bonds. The number of anilines is 1. The van der Waals surface area contributed by atoms with Crippen molar-refractivity contribution in [2.45, 2.75) is 11.1 Å². The first kappa shape index (κ1) is 15.8. The lowest BCUT2D eigenvalue weighted by atomic mass is 10.2. The number of benzene rings is 1. The maximum atomic E-state index is 12.6. The molecule has 0 spiro atoms. The Balaban J connectivity index is 1.72. The predicted octanol–water partition coefficient (Wildman–Crippen LogP) is 3.22. The quantitative estimate of drug-likeness (QED) is 0.847. The summed E-state index contributed by atoms with van der Waals surface area (Å²) >= 11 is 6.96. The number of thiophene rings is 1. The topological polar surface area (TPSA) is 40.6 Å². The second kappa shape index (κ2) is 6.20. The van der Waals surface area contributed by atoms with Gasteiger partial charge >= 0.3 is 0 Å². The van der Waals surface area contributed by atoms with Gasteiger partial charge in [0.1, 0.15) is 4.21 Å². The monoisotopic (exact) mass is 356 g/mol. The number of aryl methyl sites for hydroxylation is 1. The van der Waals surface area contributed by atoms with E-state index in [0.717, 1.165) is 17.0 Å². The van der Waals surface area contributed by atoms with E-state index in [1.807, 2.05) is 6.07 Å². The van der Waals surface area contributed by atoms with Crippen LogP contribution in [0.1, 0.15) is 5.56 Å². The van der Waals surface area contributed by atoms with E-state index in [1.165, 1.54) is 5.56 Å². The minimum Gasteiger partial charge on any atom is -0.369 e. The summed E-state index contributed by atoms with van der Waals surface area (Å²) in [7, 11) is -3.41. The van der Waals surface area contributed by atoms with E-state index in [2.05, 4.69) is 30.0 Å². The number of rotatable bonds is 3. The summed E-state index contributed by atoms with van der Waals surface area (Å²) in [6.07, 6.45) is 0. The molecule has 7 heteroatoms. The fourth-order valence-electron chi connectivity index (χ4n) is 2.57. The molecule has 0 radical (unpaired) electrons. The van der Waals surface area contributed by atoms with Crippen molar-refractivity contribution in [1.29, 1.82) is 0 Å². The number of hydrogen-bond acceptors (Lipinski definition) is 4. The molecular weight excluding hydrogens is 340 g/mol. The second-order valence-electron chi connectivity index (χ2n) is 5.29. The Hall–Kier alpha value is -1.08. The summed E-state index contributed by atoms with van der Waals surface area (Å²) in [5.41, 5.74) is 2.36. The van der Waals surface area contributed by atoms with Crippen LogP contribution in [0.2, 0.25) is 4.34 Å². The van der Waals surface area contributed by atoms with Crippen molar-refractivity contribution in [3.05, 3.63) is 46.3 Å². The highest BCUT2D eigenvalue weighted by Gasteiger charge is 2.29. The minimum atomic E-state index is -3.41. The number of piperazine rings is 1. The second-order valence-corrected chi connectivity index (χ2v) is 9.17. The highest BCUT2D eigenvalue weighted by atomic mass is 35.5. The van der Waals surface area contributed by atoms with E-state index in [1.54, 1.807) is 16.4 Å². The SMILES string of the molecule is Cc1cccc(N2CCN(S(=O)(=O)c3ccc(Cl)s3)CC2)c1. The zero-order valence-electron chi connectivity index (χ0n) is 12.2. The van der Waals surface area contributed by atoms with Crippen molar-refractivity contribution in [2.24, 2.45) is 0 Å². The van der Waals surface area contributed by atoms with E-state index in [0.29, 0.717) is 34.7 Å². The lowest BCUT2D eigenvalue weighted by molar-refractivity contribution is 0.386. The van der Waals surface area contributed by atoms with Crippen LogP contribution >= 0.6 is 22.9 Å². The Morgan fingerprint density at radius 2 is 1.82 bits per heavy atom. The van der Waals surface area contributed by atoms with Crippen LogP contribution in [0.4, 0.5) is 5.69 Å². The van der Waals surface area contributed by atoms with Crippen LogP contribution in [0.15, 0.2) is 40.6 Å². The minimum absolute atomic E-state index is 0.321. The van der Waals surface area contributed by atoms with Crippen molar-refractivity contribution in [1.82, 2.24) is 4.31 Å². The van der Waals surface area contributed by atoms with Crippen LogP contribution in [0.25, 0.3) is 0 Å². The summed E-state index contributed by atoms with van der Waals surface area (Å²) in [6, 6.07) is 11.5. The van der Waals surface area contributed by atoms with Gasteiger partial charge in [-0.2, -0.15) is 4.31 Å². The number of nitrogens with zero attached hydrogens (tertiary/aromatic N) is 2. The van der Waals surface area contributed by atoms with Crippen LogP contribution in [-0.2, 0) is 10.0 Å². The Morgan fingerprint density at radius 1 is 1.09 bits per heavy atom. The number of halogens is 1. The highest BCUT2D eigenvalue weighted by molar-refractivity contribution is 7.91. The van der Waals surface area contributed by atoms with Crippen LogP contribution in [0.5, 0.6) is 0 Å². The molecule has 0 aliphatic carbocycles. The van der Waals surface area contributed by atoms with Gasteiger partial charge in [-0.1, -0.05) is 23.7 Å². The predicted molar refractivity (Wildman–Crippen MR) is 91.5 cm³/mol. The van der Waals surface area contributed by atoms with E-state index in [-0.39, 0.29) is 0 Å². The molecule has 2 heterocycles. The maximum Gasteiger partial charge on any atom is 0.252 e. The summed E-state index contributed by atoms with van der Waals surface area (Å²) in [5.74, 6) is 0. The molecule has 3 rings (SSSR count). The molecule has 1 aliphatic heterocycles. The molecular formula is C15H17ClN2O2S2. The molecule has 1 aliphatic rings. The average molecular weight is 357 g/mol. The summed E-state index contributed by atoms with van der Waals surface area (Å²) in [4.78, 5) is 2.22. The normalized spacial score (nSPS) is 16.9. The summed E-state index contributed by atoms with van der Waals surface area (Å²) in [6.45, 7) is 4.44. The number of sulfonamides is 1. The van der Waals surface area contributed by atoms with Gasteiger partial charge in [0.15, 0.2) is 0 Å². The van der Waals surface area contributed by atoms with E-state index in [9.17, 15) is 8.42 Å². The van der Waals surface area contributed by atoms with Crippen LogP contribution in [0, 0.1) is 6.92 Å². The standard InChI is InChI=1S/C15H17ClN2O2S2/c1-12-3-2-4-13(11-12)17-7-9-18(10-8-17)22(19,20)15-6-5-14(16)21-15/h2-6,11H,7-10H2,1H3. The zero-order chi connectivity index (χ0) is 15.7. The van der Waals surface area contributed by atoms with Gasteiger partial charge in [-0.25, -0.2) is 8.42 Å². The van der Waals surface area contributed by atoms with Crippen LogP contribution in [-0.4, -0.2) is 38.9 Å². The molecule has 0 saturated carbocycles. The zero-order valence-corrected chi connectivity index (χ0v) is 14.6. The largest absolute Gasteiger partial charge is 0.369 e. The Kier molecular flexibility index (Phi) is 4.45. The van der Waals surface area contributed by atoms with Crippen LogP contribution in [0.3, 0.4) is 0 Å². The first-order chi connectivity index (χ1) is 10.5. The molecule has 2 aromatic rings. The molecule has 0 bridgehead atoms. The fraction of sp³-hybridized carbons (Fsp3) is 0.333. The van der Waals surface area contributed by atoms with E-state index in [4.69, 9.17) is 11.6 Å². The van der Waals surface area contributed by atoms with Crippen molar-refractivity contribution >= 4 is 38.6 Å². The number of hydrogen-bond donors (Lipinski definition) is 0. The molecule has 0 N–H and O–H groups in total. The molecule has 1 fully saturated rings. The summed E-state index contributed by atoms with van der Waals surface area (Å²) < 4.78 is 27.5. The van der Waals surface area contributed by atoms with Crippen molar-refractivity contribution < 1.29 is 8.42 Å². The van der Waals surface area contributed by atoms with Crippen molar-refractivity contribution in [3.8, 4) is 0 Å². The third-order valence-electron chi connectivity index (χ3n) is 3.75. The van der Waals surface area contributed by atoms with E-state index < -0.39 is 10.0 Å². The van der Waals surface area contributed by atoms with Crippen LogP contribution < -0.4 is 4.90 Å². The Labute approximate surface area is 140 Å². The van der Waals surface area contributed by atoms with Gasteiger partial charge in [-0.05, 0) is 36.8 Å². The van der Waals surface area contributed by atoms with Crippen molar-refractivity contribution in [3.63, 3.8) is 0 Å². The van der Waals surface area contributed by atoms with E-state index >= 15 is 0 Å². The highest BCUT2D eigenvalue weighted by Crippen LogP contribution is 2.29. The molecule has 118 valence electrons. The van der Waals surface area contributed by atoms with Gasteiger partial charge in [-0.15, -0.1) is 11.3 Å². The molecule has 0 unspecified atom stereocenters. The first-order valence-electron chi connectivity index (χ1n) is 7.04. The van der Waals surface area contributed by atoms with Gasteiger partial charge in [0.25, 0.3) is 10.0 Å². The molecule has 4 nitrogen and oxygen atoms in total.